The maximum atomic E-state index is 13.4. The summed E-state index contributed by atoms with van der Waals surface area (Å²) in [6.07, 6.45) is 3.82. The molecule has 0 bridgehead atoms. The van der Waals surface area contributed by atoms with Gasteiger partial charge in [0.15, 0.2) is 0 Å². The molecule has 0 unspecified atom stereocenters. The Morgan fingerprint density at radius 1 is 1.20 bits per heavy atom. The zero-order valence-corrected chi connectivity index (χ0v) is 11.6. The van der Waals surface area contributed by atoms with Gasteiger partial charge in [0.1, 0.15) is 24.8 Å². The quantitative estimate of drug-likeness (QED) is 0.855. The molecule has 0 amide bonds. The predicted octanol–water partition coefficient (Wildman–Crippen LogP) is 2.03. The summed E-state index contributed by atoms with van der Waals surface area (Å²) in [7, 11) is 0. The Morgan fingerprint density at radius 2 is 2.00 bits per heavy atom. The maximum absolute atomic E-state index is 13.4. The van der Waals surface area contributed by atoms with E-state index in [9.17, 15) is 4.39 Å². The highest BCUT2D eigenvalue weighted by atomic mass is 19.1. The third-order valence-corrected chi connectivity index (χ3v) is 3.31. The standard InChI is InChI=1S/C16H20FNO2/c17-15-11-14(5-4-9-19)12-16(13-15)20-10-8-18-6-2-1-3-7-18/h11-13,19H,1-3,6-10H2. The van der Waals surface area contributed by atoms with Crippen molar-refractivity contribution in [3.8, 4) is 17.6 Å². The van der Waals surface area contributed by atoms with Crippen LogP contribution in [0.3, 0.4) is 0 Å². The van der Waals surface area contributed by atoms with E-state index in [1.807, 2.05) is 0 Å². The van der Waals surface area contributed by atoms with Gasteiger partial charge in [0.2, 0.25) is 0 Å². The largest absolute Gasteiger partial charge is 0.492 e. The molecular formula is C16H20FNO2. The molecule has 1 aliphatic heterocycles. The molecule has 1 saturated heterocycles. The highest BCUT2D eigenvalue weighted by molar-refractivity contribution is 5.40. The number of rotatable bonds is 4. The van der Waals surface area contributed by atoms with E-state index in [0.29, 0.717) is 17.9 Å². The zero-order chi connectivity index (χ0) is 14.2. The van der Waals surface area contributed by atoms with Crippen molar-refractivity contribution in [2.24, 2.45) is 0 Å². The number of piperidine rings is 1. The first-order chi connectivity index (χ1) is 9.78. The summed E-state index contributed by atoms with van der Waals surface area (Å²) in [5, 5.41) is 8.65. The third-order valence-electron chi connectivity index (χ3n) is 3.31. The molecule has 0 aromatic heterocycles. The molecule has 4 heteroatoms. The van der Waals surface area contributed by atoms with Gasteiger partial charge in [0.05, 0.1) is 0 Å². The van der Waals surface area contributed by atoms with Crippen molar-refractivity contribution in [3.05, 3.63) is 29.6 Å². The van der Waals surface area contributed by atoms with Gasteiger partial charge in [0, 0.05) is 18.2 Å². The van der Waals surface area contributed by atoms with Crippen LogP contribution in [-0.4, -0.2) is 42.9 Å². The second-order valence-corrected chi connectivity index (χ2v) is 4.89. The second kappa shape index (κ2) is 7.88. The van der Waals surface area contributed by atoms with Crippen molar-refractivity contribution in [3.63, 3.8) is 0 Å². The van der Waals surface area contributed by atoms with Gasteiger partial charge >= 0.3 is 0 Å². The van der Waals surface area contributed by atoms with Crippen LogP contribution in [0.1, 0.15) is 24.8 Å². The normalized spacial score (nSPS) is 15.5. The molecular weight excluding hydrogens is 257 g/mol. The molecule has 2 rings (SSSR count). The second-order valence-electron chi connectivity index (χ2n) is 4.89. The SMILES string of the molecule is OCC#Cc1cc(F)cc(OCCN2CCCCC2)c1. The fraction of sp³-hybridized carbons (Fsp3) is 0.500. The van der Waals surface area contributed by atoms with Crippen LogP contribution in [0, 0.1) is 17.7 Å². The summed E-state index contributed by atoms with van der Waals surface area (Å²) in [5.41, 5.74) is 0.520. The number of hydrogen-bond donors (Lipinski definition) is 1. The molecule has 1 fully saturated rings. The molecule has 0 spiro atoms. The van der Waals surface area contributed by atoms with Crippen LogP contribution in [0.15, 0.2) is 18.2 Å². The Labute approximate surface area is 119 Å². The van der Waals surface area contributed by atoms with Crippen LogP contribution < -0.4 is 4.74 Å². The lowest BCUT2D eigenvalue weighted by molar-refractivity contribution is 0.183. The number of likely N-dealkylation sites (tertiary alicyclic amines) is 1. The lowest BCUT2D eigenvalue weighted by Gasteiger charge is -2.26. The summed E-state index contributed by atoms with van der Waals surface area (Å²) in [6.45, 7) is 3.44. The van der Waals surface area contributed by atoms with Gasteiger partial charge in [-0.25, -0.2) is 4.39 Å². The van der Waals surface area contributed by atoms with Crippen LogP contribution in [0.2, 0.25) is 0 Å². The number of nitrogens with zero attached hydrogens (tertiary/aromatic N) is 1. The van der Waals surface area contributed by atoms with Crippen LogP contribution in [-0.2, 0) is 0 Å². The minimum atomic E-state index is -0.372. The van der Waals surface area contributed by atoms with Crippen molar-refractivity contribution in [2.75, 3.05) is 32.8 Å². The van der Waals surface area contributed by atoms with Crippen molar-refractivity contribution in [2.45, 2.75) is 19.3 Å². The van der Waals surface area contributed by atoms with Crippen molar-refractivity contribution in [1.29, 1.82) is 0 Å². The van der Waals surface area contributed by atoms with E-state index in [1.54, 1.807) is 6.07 Å². The topological polar surface area (TPSA) is 32.7 Å². The predicted molar refractivity (Wildman–Crippen MR) is 76.1 cm³/mol. The fourth-order valence-electron chi connectivity index (χ4n) is 2.34. The summed E-state index contributed by atoms with van der Waals surface area (Å²) >= 11 is 0. The summed E-state index contributed by atoms with van der Waals surface area (Å²) in [5.74, 6) is 5.30. The van der Waals surface area contributed by atoms with Crippen LogP contribution in [0.4, 0.5) is 4.39 Å². The smallest absolute Gasteiger partial charge is 0.128 e. The van der Waals surface area contributed by atoms with Gasteiger partial charge in [-0.2, -0.15) is 0 Å². The van der Waals surface area contributed by atoms with Crippen molar-refractivity contribution < 1.29 is 14.2 Å². The number of benzene rings is 1. The summed E-state index contributed by atoms with van der Waals surface area (Å²) < 4.78 is 19.0. The van der Waals surface area contributed by atoms with Gasteiger partial charge < -0.3 is 9.84 Å². The number of ether oxygens (including phenoxy) is 1. The Morgan fingerprint density at radius 3 is 2.75 bits per heavy atom. The third kappa shape index (κ3) is 4.84. The first kappa shape index (κ1) is 14.8. The van der Waals surface area contributed by atoms with Gasteiger partial charge in [0.25, 0.3) is 0 Å². The Balaban J connectivity index is 1.86. The van der Waals surface area contributed by atoms with E-state index in [1.165, 1.54) is 31.4 Å². The van der Waals surface area contributed by atoms with Crippen LogP contribution in [0.25, 0.3) is 0 Å². The number of aliphatic hydroxyl groups excluding tert-OH is 1. The molecule has 108 valence electrons. The number of halogens is 1. The first-order valence-electron chi connectivity index (χ1n) is 7.03. The van der Waals surface area contributed by atoms with Gasteiger partial charge in [-0.05, 0) is 38.1 Å². The molecule has 0 saturated carbocycles. The summed E-state index contributed by atoms with van der Waals surface area (Å²) in [4.78, 5) is 2.37. The highest BCUT2D eigenvalue weighted by Gasteiger charge is 2.09. The Bertz CT molecular complexity index is 487. The van der Waals surface area contributed by atoms with Crippen LogP contribution >= 0.6 is 0 Å². The van der Waals surface area contributed by atoms with E-state index < -0.39 is 0 Å². The van der Waals surface area contributed by atoms with Crippen molar-refractivity contribution >= 4 is 0 Å². The minimum Gasteiger partial charge on any atom is -0.492 e. The van der Waals surface area contributed by atoms with Gasteiger partial charge in [-0.15, -0.1) is 0 Å². The van der Waals surface area contributed by atoms with E-state index in [0.717, 1.165) is 19.6 Å². The van der Waals surface area contributed by atoms with Crippen molar-refractivity contribution in [1.82, 2.24) is 4.90 Å². The average molecular weight is 277 g/mol. The molecule has 0 atom stereocenters. The Hall–Kier alpha value is -1.57. The molecule has 0 radical (unpaired) electrons. The highest BCUT2D eigenvalue weighted by Crippen LogP contribution is 2.16. The lowest BCUT2D eigenvalue weighted by Crippen LogP contribution is -2.33. The van der Waals surface area contributed by atoms with E-state index >= 15 is 0 Å². The Kier molecular flexibility index (Phi) is 5.85. The molecule has 1 N–H and O–H groups in total. The fourth-order valence-corrected chi connectivity index (χ4v) is 2.34. The first-order valence-corrected chi connectivity index (χ1v) is 7.03. The van der Waals surface area contributed by atoms with E-state index in [2.05, 4.69) is 16.7 Å². The molecule has 0 aliphatic carbocycles. The monoisotopic (exact) mass is 277 g/mol. The molecule has 3 nitrogen and oxygen atoms in total. The molecule has 20 heavy (non-hydrogen) atoms. The van der Waals surface area contributed by atoms with Gasteiger partial charge in [-0.3, -0.25) is 4.90 Å². The molecule has 1 heterocycles. The lowest BCUT2D eigenvalue weighted by atomic mass is 10.1. The van der Waals surface area contributed by atoms with E-state index in [4.69, 9.17) is 9.84 Å². The number of hydrogen-bond acceptors (Lipinski definition) is 3. The zero-order valence-electron chi connectivity index (χ0n) is 11.6. The van der Waals surface area contributed by atoms with Gasteiger partial charge in [-0.1, -0.05) is 18.3 Å². The number of aliphatic hydroxyl groups is 1. The van der Waals surface area contributed by atoms with Crippen LogP contribution in [0.5, 0.6) is 5.75 Å². The minimum absolute atomic E-state index is 0.234. The van der Waals surface area contributed by atoms with E-state index in [-0.39, 0.29) is 12.4 Å². The molecule has 1 aliphatic rings. The molecule has 1 aromatic carbocycles. The molecule has 1 aromatic rings. The summed E-state index contributed by atoms with van der Waals surface area (Å²) in [6, 6.07) is 4.39. The average Bonchev–Trinajstić information content (AvgIpc) is 2.46. The maximum Gasteiger partial charge on any atom is 0.128 e.